The molecule has 1 aromatic carbocycles. The first-order valence-corrected chi connectivity index (χ1v) is 7.31. The van der Waals surface area contributed by atoms with E-state index in [4.69, 9.17) is 0 Å². The first-order valence-electron chi connectivity index (χ1n) is 7.31. The zero-order chi connectivity index (χ0) is 15.3. The highest BCUT2D eigenvalue weighted by Gasteiger charge is 2.11. The van der Waals surface area contributed by atoms with Crippen LogP contribution in [0.1, 0.15) is 26.3 Å². The summed E-state index contributed by atoms with van der Waals surface area (Å²) >= 11 is 0. The van der Waals surface area contributed by atoms with Crippen LogP contribution in [0.2, 0.25) is 0 Å². The van der Waals surface area contributed by atoms with Crippen molar-refractivity contribution in [1.29, 1.82) is 0 Å². The predicted octanol–water partition coefficient (Wildman–Crippen LogP) is 2.74. The second kappa shape index (κ2) is 6.57. The molecule has 1 aromatic heterocycles. The van der Waals surface area contributed by atoms with E-state index in [-0.39, 0.29) is 5.54 Å². The standard InChI is InChI=1S/C17H24N4/c1-17(2,3)21-16(18-4)20-12-10-14-8-5-7-13-9-6-11-19-15(13)14/h5-9,11H,10,12H2,1-4H3,(H2,18,20,21). The minimum absolute atomic E-state index is 0.00282. The van der Waals surface area contributed by atoms with E-state index in [0.29, 0.717) is 0 Å². The van der Waals surface area contributed by atoms with Crippen molar-refractivity contribution in [3.05, 3.63) is 42.1 Å². The minimum Gasteiger partial charge on any atom is -0.356 e. The fourth-order valence-corrected chi connectivity index (χ4v) is 2.22. The van der Waals surface area contributed by atoms with Gasteiger partial charge in [0.1, 0.15) is 0 Å². The van der Waals surface area contributed by atoms with Gasteiger partial charge < -0.3 is 10.6 Å². The minimum atomic E-state index is 0.00282. The Bertz CT molecular complexity index is 621. The third kappa shape index (κ3) is 4.45. The van der Waals surface area contributed by atoms with Crippen LogP contribution in [0.4, 0.5) is 0 Å². The van der Waals surface area contributed by atoms with Gasteiger partial charge in [0.2, 0.25) is 0 Å². The first-order chi connectivity index (χ1) is 9.99. The van der Waals surface area contributed by atoms with Crippen LogP contribution in [0.25, 0.3) is 10.9 Å². The van der Waals surface area contributed by atoms with Gasteiger partial charge in [0.15, 0.2) is 5.96 Å². The van der Waals surface area contributed by atoms with Gasteiger partial charge >= 0.3 is 0 Å². The van der Waals surface area contributed by atoms with E-state index in [0.717, 1.165) is 24.4 Å². The molecule has 0 saturated heterocycles. The Morgan fingerprint density at radius 1 is 1.19 bits per heavy atom. The number of hydrogen-bond acceptors (Lipinski definition) is 2. The lowest BCUT2D eigenvalue weighted by Gasteiger charge is -2.23. The Hall–Kier alpha value is -2.10. The number of aromatic nitrogens is 1. The summed E-state index contributed by atoms with van der Waals surface area (Å²) in [6.07, 6.45) is 2.76. The summed E-state index contributed by atoms with van der Waals surface area (Å²) in [7, 11) is 1.79. The summed E-state index contributed by atoms with van der Waals surface area (Å²) in [6.45, 7) is 7.18. The van der Waals surface area contributed by atoms with Gasteiger partial charge in [-0.15, -0.1) is 0 Å². The molecule has 0 fully saturated rings. The number of nitrogens with zero attached hydrogens (tertiary/aromatic N) is 2. The zero-order valence-corrected chi connectivity index (χ0v) is 13.3. The van der Waals surface area contributed by atoms with Crippen LogP contribution in [0.5, 0.6) is 0 Å². The number of hydrogen-bond donors (Lipinski definition) is 2. The first kappa shape index (κ1) is 15.3. The number of guanidine groups is 1. The number of para-hydroxylation sites is 1. The highest BCUT2D eigenvalue weighted by Crippen LogP contribution is 2.15. The fourth-order valence-electron chi connectivity index (χ4n) is 2.22. The highest BCUT2D eigenvalue weighted by atomic mass is 15.2. The molecule has 0 atom stereocenters. The van der Waals surface area contributed by atoms with E-state index in [1.54, 1.807) is 7.05 Å². The maximum Gasteiger partial charge on any atom is 0.191 e. The number of aliphatic imine (C=N–C) groups is 1. The summed E-state index contributed by atoms with van der Waals surface area (Å²) < 4.78 is 0. The molecule has 0 radical (unpaired) electrons. The van der Waals surface area contributed by atoms with Crippen molar-refractivity contribution in [3.63, 3.8) is 0 Å². The van der Waals surface area contributed by atoms with Crippen molar-refractivity contribution >= 4 is 16.9 Å². The Kier molecular flexibility index (Phi) is 4.78. The van der Waals surface area contributed by atoms with Crippen molar-refractivity contribution in [2.75, 3.05) is 13.6 Å². The third-order valence-electron chi connectivity index (χ3n) is 3.12. The Labute approximate surface area is 126 Å². The van der Waals surface area contributed by atoms with Crippen molar-refractivity contribution in [2.24, 2.45) is 4.99 Å². The summed E-state index contributed by atoms with van der Waals surface area (Å²) in [5, 5.41) is 7.89. The molecule has 0 unspecified atom stereocenters. The fraction of sp³-hybridized carbons (Fsp3) is 0.412. The molecule has 0 aliphatic carbocycles. The van der Waals surface area contributed by atoms with E-state index in [1.807, 2.05) is 12.3 Å². The lowest BCUT2D eigenvalue weighted by atomic mass is 10.1. The van der Waals surface area contributed by atoms with Crippen LogP contribution < -0.4 is 10.6 Å². The Morgan fingerprint density at radius 2 is 1.95 bits per heavy atom. The molecule has 2 N–H and O–H groups in total. The average Bonchev–Trinajstić information content (AvgIpc) is 2.45. The second-order valence-corrected chi connectivity index (χ2v) is 6.12. The molecule has 0 aliphatic heterocycles. The molecule has 4 nitrogen and oxygen atoms in total. The average molecular weight is 284 g/mol. The van der Waals surface area contributed by atoms with Gasteiger partial charge in [-0.3, -0.25) is 9.98 Å². The summed E-state index contributed by atoms with van der Waals surface area (Å²) in [6, 6.07) is 10.4. The molecule has 1 heterocycles. The van der Waals surface area contributed by atoms with E-state index < -0.39 is 0 Å². The molecule has 0 saturated carbocycles. The van der Waals surface area contributed by atoms with E-state index in [1.165, 1.54) is 10.9 Å². The number of pyridine rings is 1. The van der Waals surface area contributed by atoms with E-state index >= 15 is 0 Å². The number of benzene rings is 1. The van der Waals surface area contributed by atoms with Crippen LogP contribution in [-0.4, -0.2) is 30.1 Å². The van der Waals surface area contributed by atoms with Crippen LogP contribution in [0, 0.1) is 0 Å². The maximum atomic E-state index is 4.48. The normalized spacial score (nSPS) is 12.5. The molecule has 0 spiro atoms. The van der Waals surface area contributed by atoms with Gasteiger partial charge in [0, 0.05) is 30.7 Å². The second-order valence-electron chi connectivity index (χ2n) is 6.12. The molecule has 0 amide bonds. The van der Waals surface area contributed by atoms with E-state index in [9.17, 15) is 0 Å². The molecular formula is C17H24N4. The smallest absolute Gasteiger partial charge is 0.191 e. The lowest BCUT2D eigenvalue weighted by molar-refractivity contribution is 0.501. The maximum absolute atomic E-state index is 4.48. The molecule has 2 rings (SSSR count). The predicted molar refractivity (Wildman–Crippen MR) is 89.7 cm³/mol. The van der Waals surface area contributed by atoms with Gasteiger partial charge in [0.05, 0.1) is 5.52 Å². The van der Waals surface area contributed by atoms with Gasteiger partial charge in [-0.05, 0) is 38.8 Å². The quantitative estimate of drug-likeness (QED) is 0.673. The number of nitrogens with one attached hydrogen (secondary N) is 2. The number of rotatable bonds is 3. The summed E-state index contributed by atoms with van der Waals surface area (Å²) in [5.74, 6) is 0.829. The van der Waals surface area contributed by atoms with Gasteiger partial charge in [0.25, 0.3) is 0 Å². The van der Waals surface area contributed by atoms with Crippen LogP contribution in [0.15, 0.2) is 41.5 Å². The molecule has 0 bridgehead atoms. The molecule has 4 heteroatoms. The molecule has 0 aliphatic rings. The molecule has 21 heavy (non-hydrogen) atoms. The van der Waals surface area contributed by atoms with Crippen molar-refractivity contribution in [1.82, 2.24) is 15.6 Å². The SMILES string of the molecule is CN=C(NCCc1cccc2cccnc12)NC(C)(C)C. The van der Waals surface area contributed by atoms with E-state index in [2.05, 4.69) is 65.6 Å². The van der Waals surface area contributed by atoms with Gasteiger partial charge in [-0.25, -0.2) is 0 Å². The van der Waals surface area contributed by atoms with Gasteiger partial charge in [-0.1, -0.05) is 24.3 Å². The number of fused-ring (bicyclic) bond motifs is 1. The van der Waals surface area contributed by atoms with Crippen molar-refractivity contribution in [3.8, 4) is 0 Å². The monoisotopic (exact) mass is 284 g/mol. The topological polar surface area (TPSA) is 49.3 Å². The summed E-state index contributed by atoms with van der Waals surface area (Å²) in [4.78, 5) is 8.73. The van der Waals surface area contributed by atoms with Crippen molar-refractivity contribution in [2.45, 2.75) is 32.7 Å². The van der Waals surface area contributed by atoms with Crippen molar-refractivity contribution < 1.29 is 0 Å². The van der Waals surface area contributed by atoms with Crippen LogP contribution >= 0.6 is 0 Å². The summed E-state index contributed by atoms with van der Waals surface area (Å²) in [5.41, 5.74) is 2.34. The zero-order valence-electron chi connectivity index (χ0n) is 13.3. The van der Waals surface area contributed by atoms with Crippen LogP contribution in [-0.2, 0) is 6.42 Å². The van der Waals surface area contributed by atoms with Gasteiger partial charge in [-0.2, -0.15) is 0 Å². The highest BCUT2D eigenvalue weighted by molar-refractivity contribution is 5.82. The third-order valence-corrected chi connectivity index (χ3v) is 3.12. The molecule has 112 valence electrons. The molecular weight excluding hydrogens is 260 g/mol. The molecule has 2 aromatic rings. The largest absolute Gasteiger partial charge is 0.356 e. The Balaban J connectivity index is 1.99. The Morgan fingerprint density at radius 3 is 2.67 bits per heavy atom. The lowest BCUT2D eigenvalue weighted by Crippen LogP contribution is -2.48. The van der Waals surface area contributed by atoms with Crippen LogP contribution in [0.3, 0.4) is 0 Å².